The zero-order valence-corrected chi connectivity index (χ0v) is 20.8. The Hall–Kier alpha value is -4.16. The number of nitrogens with zero attached hydrogens (tertiary/aromatic N) is 3. The van der Waals surface area contributed by atoms with Crippen molar-refractivity contribution in [2.75, 3.05) is 18.5 Å². The van der Waals surface area contributed by atoms with Crippen molar-refractivity contribution in [2.45, 2.75) is 30.6 Å². The Labute approximate surface area is 215 Å². The van der Waals surface area contributed by atoms with Crippen LogP contribution in [0.4, 0.5) is 5.82 Å². The van der Waals surface area contributed by atoms with Crippen molar-refractivity contribution in [1.29, 1.82) is 0 Å². The van der Waals surface area contributed by atoms with E-state index in [1.807, 2.05) is 0 Å². The van der Waals surface area contributed by atoms with Crippen LogP contribution in [-0.2, 0) is 10.1 Å². The van der Waals surface area contributed by atoms with Crippen molar-refractivity contribution in [3.8, 4) is 0 Å². The molecule has 3 rings (SSSR count). The molecule has 0 atom stereocenters. The zero-order valence-electron chi connectivity index (χ0n) is 20.0. The Morgan fingerprint density at radius 1 is 0.865 bits per heavy atom. The number of carbonyl (C=O) groups excluding carboxylic acids is 2. The van der Waals surface area contributed by atoms with E-state index in [9.17, 15) is 22.6 Å². The molecule has 0 saturated carbocycles. The number of nitrogens with one attached hydrogen (secondary N) is 3. The van der Waals surface area contributed by atoms with Crippen LogP contribution in [0.5, 0.6) is 0 Å². The second kappa shape index (κ2) is 13.8. The van der Waals surface area contributed by atoms with Gasteiger partial charge in [0.15, 0.2) is 0 Å². The topological polar surface area (TPSA) is 163 Å². The number of hydrogen-bond acceptors (Lipinski definition) is 8. The molecule has 12 heteroatoms. The van der Waals surface area contributed by atoms with E-state index in [4.69, 9.17) is 0 Å². The Morgan fingerprint density at radius 2 is 1.54 bits per heavy atom. The average molecular weight is 525 g/mol. The lowest BCUT2D eigenvalue weighted by Gasteiger charge is -2.07. The highest BCUT2D eigenvalue weighted by molar-refractivity contribution is 7.86. The minimum Gasteiger partial charge on any atom is -0.352 e. The van der Waals surface area contributed by atoms with Crippen molar-refractivity contribution in [3.05, 3.63) is 83.8 Å². The van der Waals surface area contributed by atoms with E-state index < -0.39 is 10.1 Å². The third-order valence-electron chi connectivity index (χ3n) is 5.20. The quantitative estimate of drug-likeness (QED) is 0.115. The zero-order chi connectivity index (χ0) is 26.5. The molecule has 4 N–H and O–H groups in total. The highest BCUT2D eigenvalue weighted by Gasteiger charge is 2.13. The first-order chi connectivity index (χ1) is 17.8. The Balaban J connectivity index is 1.32. The SMILES string of the molecule is O=C(NCCCCCCNC(=O)c1ccc(NN=Cc2ccccc2S(=O)(=O)O)nc1)c1cccnc1. The summed E-state index contributed by atoms with van der Waals surface area (Å²) in [7, 11) is -4.37. The Kier molecular flexibility index (Phi) is 10.2. The maximum atomic E-state index is 12.3. The summed E-state index contributed by atoms with van der Waals surface area (Å²) in [5.41, 5.74) is 3.80. The third-order valence-corrected chi connectivity index (χ3v) is 6.13. The Morgan fingerprint density at radius 3 is 2.14 bits per heavy atom. The fraction of sp³-hybridized carbons (Fsp3) is 0.240. The highest BCUT2D eigenvalue weighted by Crippen LogP contribution is 2.13. The van der Waals surface area contributed by atoms with Gasteiger partial charge in [0.2, 0.25) is 0 Å². The molecule has 0 spiro atoms. The van der Waals surface area contributed by atoms with Crippen LogP contribution in [0, 0.1) is 0 Å². The van der Waals surface area contributed by atoms with Gasteiger partial charge in [0.05, 0.1) is 17.3 Å². The molecule has 0 unspecified atom stereocenters. The molecule has 0 radical (unpaired) electrons. The molecule has 2 amide bonds. The summed E-state index contributed by atoms with van der Waals surface area (Å²) >= 11 is 0. The number of pyridine rings is 2. The lowest BCUT2D eigenvalue weighted by atomic mass is 10.2. The van der Waals surface area contributed by atoms with Crippen LogP contribution in [0.1, 0.15) is 52.0 Å². The summed E-state index contributed by atoms with van der Waals surface area (Å²) < 4.78 is 32.1. The molecule has 0 aliphatic carbocycles. The van der Waals surface area contributed by atoms with Crippen LogP contribution in [-0.4, -0.2) is 54.1 Å². The van der Waals surface area contributed by atoms with Gasteiger partial charge >= 0.3 is 0 Å². The van der Waals surface area contributed by atoms with Gasteiger partial charge in [-0.1, -0.05) is 31.0 Å². The monoisotopic (exact) mass is 524 g/mol. The standard InChI is InChI=1S/C25H28N6O5S/c32-24(20-9-7-13-26-16-20)27-14-5-1-2-6-15-28-25(33)21-11-12-23(29-17-21)31-30-18-19-8-3-4-10-22(19)37(34,35)36/h3-4,7-13,16-18H,1-2,5-6,14-15H2,(H,27,32)(H,28,33)(H,29,31)(H,34,35,36). The number of amides is 2. The lowest BCUT2D eigenvalue weighted by molar-refractivity contribution is 0.0943. The average Bonchev–Trinajstić information content (AvgIpc) is 2.90. The van der Waals surface area contributed by atoms with Gasteiger partial charge in [0, 0.05) is 37.2 Å². The number of hydrogen-bond donors (Lipinski definition) is 4. The molecule has 11 nitrogen and oxygen atoms in total. The van der Waals surface area contributed by atoms with Crippen molar-refractivity contribution in [3.63, 3.8) is 0 Å². The smallest absolute Gasteiger partial charge is 0.295 e. The maximum absolute atomic E-state index is 12.3. The van der Waals surface area contributed by atoms with Crippen LogP contribution in [0.25, 0.3) is 0 Å². The predicted molar refractivity (Wildman–Crippen MR) is 139 cm³/mol. The maximum Gasteiger partial charge on any atom is 0.295 e. The molecular weight excluding hydrogens is 496 g/mol. The lowest BCUT2D eigenvalue weighted by Crippen LogP contribution is -2.25. The van der Waals surface area contributed by atoms with Gasteiger partial charge in [-0.15, -0.1) is 0 Å². The predicted octanol–water partition coefficient (Wildman–Crippen LogP) is 2.89. The largest absolute Gasteiger partial charge is 0.352 e. The number of aromatic nitrogens is 2. The molecule has 2 heterocycles. The van der Waals surface area contributed by atoms with Crippen LogP contribution < -0.4 is 16.1 Å². The van der Waals surface area contributed by atoms with Gasteiger partial charge in [0.25, 0.3) is 21.9 Å². The van der Waals surface area contributed by atoms with Crippen LogP contribution in [0.15, 0.2) is 77.1 Å². The summed E-state index contributed by atoms with van der Waals surface area (Å²) in [6.45, 7) is 1.11. The van der Waals surface area contributed by atoms with E-state index in [0.29, 0.717) is 30.0 Å². The van der Waals surface area contributed by atoms with Gasteiger partial charge in [-0.25, -0.2) is 4.98 Å². The molecule has 0 bridgehead atoms. The number of benzene rings is 1. The van der Waals surface area contributed by atoms with Crippen molar-refractivity contribution in [1.82, 2.24) is 20.6 Å². The van der Waals surface area contributed by atoms with E-state index in [-0.39, 0.29) is 22.3 Å². The minimum absolute atomic E-state index is 0.135. The molecule has 0 aliphatic heterocycles. The first-order valence-electron chi connectivity index (χ1n) is 11.6. The van der Waals surface area contributed by atoms with E-state index in [1.165, 1.54) is 36.8 Å². The number of anilines is 1. The first kappa shape index (κ1) is 27.4. The number of unbranched alkanes of at least 4 members (excludes halogenated alkanes) is 3. The third kappa shape index (κ3) is 9.09. The van der Waals surface area contributed by atoms with Crippen molar-refractivity contribution in [2.24, 2.45) is 5.10 Å². The molecule has 194 valence electrons. The molecule has 3 aromatic rings. The normalized spacial score (nSPS) is 11.3. The highest BCUT2D eigenvalue weighted by atomic mass is 32.2. The van der Waals surface area contributed by atoms with E-state index in [0.717, 1.165) is 25.7 Å². The second-order valence-electron chi connectivity index (χ2n) is 7.98. The molecule has 1 aromatic carbocycles. The molecule has 0 fully saturated rings. The molecule has 2 aromatic heterocycles. The van der Waals surface area contributed by atoms with Gasteiger partial charge < -0.3 is 10.6 Å². The summed E-state index contributed by atoms with van der Waals surface area (Å²) in [5.74, 6) is -0.0226. The fourth-order valence-corrected chi connectivity index (χ4v) is 3.96. The van der Waals surface area contributed by atoms with Gasteiger partial charge in [-0.3, -0.25) is 24.6 Å². The summed E-state index contributed by atoms with van der Waals surface area (Å²) in [5, 5.41) is 9.64. The summed E-state index contributed by atoms with van der Waals surface area (Å²) in [6.07, 6.45) is 9.32. The summed E-state index contributed by atoms with van der Waals surface area (Å²) in [4.78, 5) is 32.0. The fourth-order valence-electron chi connectivity index (χ4n) is 3.29. The molecular formula is C25H28N6O5S. The number of rotatable bonds is 13. The van der Waals surface area contributed by atoms with E-state index in [1.54, 1.807) is 36.5 Å². The van der Waals surface area contributed by atoms with Crippen molar-refractivity contribution < 1.29 is 22.6 Å². The van der Waals surface area contributed by atoms with E-state index in [2.05, 4.69) is 31.1 Å². The van der Waals surface area contributed by atoms with Crippen LogP contribution in [0.3, 0.4) is 0 Å². The second-order valence-corrected chi connectivity index (χ2v) is 9.37. The number of hydrazone groups is 1. The van der Waals surface area contributed by atoms with E-state index >= 15 is 0 Å². The van der Waals surface area contributed by atoms with Gasteiger partial charge in [-0.2, -0.15) is 13.5 Å². The molecule has 37 heavy (non-hydrogen) atoms. The Bertz CT molecular complexity index is 1310. The molecule has 0 saturated heterocycles. The van der Waals surface area contributed by atoms with Crippen molar-refractivity contribution >= 4 is 34.0 Å². The van der Waals surface area contributed by atoms with Gasteiger partial charge in [-0.05, 0) is 43.2 Å². The summed E-state index contributed by atoms with van der Waals surface area (Å²) in [6, 6.07) is 12.5. The van der Waals surface area contributed by atoms with Crippen LogP contribution >= 0.6 is 0 Å². The van der Waals surface area contributed by atoms with Crippen LogP contribution in [0.2, 0.25) is 0 Å². The minimum atomic E-state index is -4.37. The molecule has 0 aliphatic rings. The van der Waals surface area contributed by atoms with Gasteiger partial charge in [0.1, 0.15) is 10.7 Å². The first-order valence-corrected chi connectivity index (χ1v) is 13.1. The number of carbonyl (C=O) groups is 2.